The van der Waals surface area contributed by atoms with Crippen LogP contribution < -0.4 is 5.32 Å². The van der Waals surface area contributed by atoms with E-state index in [1.54, 1.807) is 6.92 Å². The van der Waals surface area contributed by atoms with E-state index in [2.05, 4.69) is 5.32 Å². The summed E-state index contributed by atoms with van der Waals surface area (Å²) in [4.78, 5) is 11.7. The molecule has 1 aromatic rings. The van der Waals surface area contributed by atoms with Crippen molar-refractivity contribution in [3.8, 4) is 0 Å². The van der Waals surface area contributed by atoms with Gasteiger partial charge in [-0.25, -0.2) is 4.79 Å². The van der Waals surface area contributed by atoms with Gasteiger partial charge in [-0.3, -0.25) is 0 Å². The van der Waals surface area contributed by atoms with Crippen LogP contribution in [0.1, 0.15) is 19.8 Å². The Hall–Kier alpha value is -1.22. The lowest BCUT2D eigenvalue weighted by molar-refractivity contribution is -0.144. The van der Waals surface area contributed by atoms with E-state index in [1.165, 1.54) is 0 Å². The molecule has 0 unspecified atom stereocenters. The van der Waals surface area contributed by atoms with E-state index in [0.717, 1.165) is 12.1 Å². The van der Waals surface area contributed by atoms with Gasteiger partial charge in [0, 0.05) is 11.6 Å². The first-order valence-corrected chi connectivity index (χ1v) is 6.35. The third kappa shape index (κ3) is 5.09. The largest absolute Gasteiger partial charge is 0.464 e. The standard InChI is InChI=1S/C13H18ClNO2/c1-2-17-13(16)12(9-6-10-14)15-11-7-4-3-5-8-11/h3-5,7-8,12,15H,2,6,9-10H2,1H3/t12-/m1/s1. The van der Waals surface area contributed by atoms with E-state index in [-0.39, 0.29) is 12.0 Å². The first-order valence-electron chi connectivity index (χ1n) is 5.82. The number of carbonyl (C=O) groups is 1. The average Bonchev–Trinajstić information content (AvgIpc) is 2.36. The number of hydrogen-bond acceptors (Lipinski definition) is 3. The predicted octanol–water partition coefficient (Wildman–Crippen LogP) is 3.05. The van der Waals surface area contributed by atoms with Crippen LogP contribution in [0.2, 0.25) is 0 Å². The van der Waals surface area contributed by atoms with E-state index in [1.807, 2.05) is 30.3 Å². The number of halogens is 1. The van der Waals surface area contributed by atoms with Gasteiger partial charge in [-0.1, -0.05) is 18.2 Å². The summed E-state index contributed by atoms with van der Waals surface area (Å²) in [6.45, 7) is 2.20. The number of para-hydroxylation sites is 1. The summed E-state index contributed by atoms with van der Waals surface area (Å²) in [5, 5.41) is 3.17. The van der Waals surface area contributed by atoms with Crippen molar-refractivity contribution >= 4 is 23.3 Å². The maximum atomic E-state index is 11.7. The lowest BCUT2D eigenvalue weighted by Crippen LogP contribution is -2.31. The first kappa shape index (κ1) is 13.8. The average molecular weight is 256 g/mol. The van der Waals surface area contributed by atoms with Crippen molar-refractivity contribution in [3.63, 3.8) is 0 Å². The number of benzene rings is 1. The maximum Gasteiger partial charge on any atom is 0.328 e. The Morgan fingerprint density at radius 1 is 1.41 bits per heavy atom. The van der Waals surface area contributed by atoms with Crippen LogP contribution >= 0.6 is 11.6 Å². The highest BCUT2D eigenvalue weighted by molar-refractivity contribution is 6.17. The molecule has 1 N–H and O–H groups in total. The predicted molar refractivity (Wildman–Crippen MR) is 70.4 cm³/mol. The highest BCUT2D eigenvalue weighted by Gasteiger charge is 2.18. The van der Waals surface area contributed by atoms with Gasteiger partial charge in [0.05, 0.1) is 6.61 Å². The van der Waals surface area contributed by atoms with Crippen LogP contribution in [0.5, 0.6) is 0 Å². The molecule has 1 aromatic carbocycles. The number of nitrogens with one attached hydrogen (secondary N) is 1. The van der Waals surface area contributed by atoms with Crippen LogP contribution in [-0.2, 0) is 9.53 Å². The lowest BCUT2D eigenvalue weighted by Gasteiger charge is -2.17. The molecule has 0 spiro atoms. The van der Waals surface area contributed by atoms with Gasteiger partial charge in [0.2, 0.25) is 0 Å². The third-order valence-corrected chi connectivity index (χ3v) is 2.58. The van der Waals surface area contributed by atoms with Gasteiger partial charge >= 0.3 is 5.97 Å². The summed E-state index contributed by atoms with van der Waals surface area (Å²) in [6, 6.07) is 9.30. The molecule has 0 aliphatic rings. The monoisotopic (exact) mass is 255 g/mol. The quantitative estimate of drug-likeness (QED) is 0.601. The minimum absolute atomic E-state index is 0.221. The van der Waals surface area contributed by atoms with Gasteiger partial charge in [-0.05, 0) is 31.9 Å². The van der Waals surface area contributed by atoms with Crippen LogP contribution in [0.15, 0.2) is 30.3 Å². The smallest absolute Gasteiger partial charge is 0.328 e. The minimum atomic E-state index is -0.323. The third-order valence-electron chi connectivity index (χ3n) is 2.31. The van der Waals surface area contributed by atoms with Crippen molar-refractivity contribution in [3.05, 3.63) is 30.3 Å². The van der Waals surface area contributed by atoms with Gasteiger partial charge in [0.25, 0.3) is 0 Å². The number of hydrogen-bond donors (Lipinski definition) is 1. The number of anilines is 1. The van der Waals surface area contributed by atoms with Crippen LogP contribution in [0, 0.1) is 0 Å². The van der Waals surface area contributed by atoms with Crippen molar-refractivity contribution < 1.29 is 9.53 Å². The van der Waals surface area contributed by atoms with Gasteiger partial charge in [-0.2, -0.15) is 0 Å². The number of esters is 1. The molecule has 0 radical (unpaired) electrons. The fraction of sp³-hybridized carbons (Fsp3) is 0.462. The summed E-state index contributed by atoms with van der Waals surface area (Å²) < 4.78 is 5.03. The van der Waals surface area contributed by atoms with E-state index >= 15 is 0 Å². The highest BCUT2D eigenvalue weighted by atomic mass is 35.5. The van der Waals surface area contributed by atoms with E-state index in [4.69, 9.17) is 16.3 Å². The Labute approximate surface area is 107 Å². The molecule has 0 saturated heterocycles. The highest BCUT2D eigenvalue weighted by Crippen LogP contribution is 2.11. The number of carbonyl (C=O) groups excluding carboxylic acids is 1. The van der Waals surface area contributed by atoms with Crippen molar-refractivity contribution in [2.24, 2.45) is 0 Å². The normalized spacial score (nSPS) is 11.9. The Morgan fingerprint density at radius 3 is 2.71 bits per heavy atom. The summed E-state index contributed by atoms with van der Waals surface area (Å²) in [7, 11) is 0. The molecule has 17 heavy (non-hydrogen) atoms. The van der Waals surface area contributed by atoms with Gasteiger partial charge in [0.1, 0.15) is 6.04 Å². The molecular formula is C13H18ClNO2. The summed E-state index contributed by atoms with van der Waals surface area (Å²) in [5.41, 5.74) is 0.917. The molecule has 0 aromatic heterocycles. The summed E-state index contributed by atoms with van der Waals surface area (Å²) >= 11 is 5.65. The van der Waals surface area contributed by atoms with Gasteiger partial charge < -0.3 is 10.1 Å². The van der Waals surface area contributed by atoms with Crippen LogP contribution in [0.3, 0.4) is 0 Å². The molecule has 4 heteroatoms. The van der Waals surface area contributed by atoms with E-state index < -0.39 is 0 Å². The number of ether oxygens (including phenoxy) is 1. The van der Waals surface area contributed by atoms with Crippen LogP contribution in [-0.4, -0.2) is 24.5 Å². The fourth-order valence-corrected chi connectivity index (χ4v) is 1.66. The topological polar surface area (TPSA) is 38.3 Å². The minimum Gasteiger partial charge on any atom is -0.464 e. The van der Waals surface area contributed by atoms with Crippen LogP contribution in [0.25, 0.3) is 0 Å². The maximum absolute atomic E-state index is 11.7. The molecule has 0 amide bonds. The lowest BCUT2D eigenvalue weighted by atomic mass is 10.1. The second-order valence-corrected chi connectivity index (χ2v) is 4.02. The molecular weight excluding hydrogens is 238 g/mol. The molecule has 0 aliphatic heterocycles. The van der Waals surface area contributed by atoms with Crippen LogP contribution in [0.4, 0.5) is 5.69 Å². The SMILES string of the molecule is CCOC(=O)[C@@H](CCCCl)Nc1ccccc1. The number of alkyl halides is 1. The van der Waals surface area contributed by atoms with E-state index in [9.17, 15) is 4.79 Å². The molecule has 0 bridgehead atoms. The molecule has 1 rings (SSSR count). The number of rotatable bonds is 7. The molecule has 0 fully saturated rings. The van der Waals surface area contributed by atoms with Gasteiger partial charge in [-0.15, -0.1) is 11.6 Å². The zero-order valence-electron chi connectivity index (χ0n) is 9.99. The molecule has 0 heterocycles. The first-order chi connectivity index (χ1) is 8.27. The Balaban J connectivity index is 2.59. The molecule has 3 nitrogen and oxygen atoms in total. The van der Waals surface area contributed by atoms with Crippen molar-refractivity contribution in [2.75, 3.05) is 17.8 Å². The zero-order chi connectivity index (χ0) is 12.5. The fourth-order valence-electron chi connectivity index (χ4n) is 1.51. The second-order valence-electron chi connectivity index (χ2n) is 3.65. The van der Waals surface area contributed by atoms with Crippen molar-refractivity contribution in [1.29, 1.82) is 0 Å². The Bertz CT molecular complexity index is 329. The molecule has 0 saturated carbocycles. The van der Waals surface area contributed by atoms with Crippen molar-refractivity contribution in [2.45, 2.75) is 25.8 Å². The summed E-state index contributed by atoms with van der Waals surface area (Å²) in [5.74, 6) is 0.327. The molecule has 1 atom stereocenters. The second kappa shape index (κ2) is 7.96. The molecule has 94 valence electrons. The van der Waals surface area contributed by atoms with E-state index in [0.29, 0.717) is 18.9 Å². The van der Waals surface area contributed by atoms with Crippen molar-refractivity contribution in [1.82, 2.24) is 0 Å². The Morgan fingerprint density at radius 2 is 2.12 bits per heavy atom. The Kier molecular flexibility index (Phi) is 6.48. The zero-order valence-corrected chi connectivity index (χ0v) is 10.7. The van der Waals surface area contributed by atoms with Gasteiger partial charge in [0.15, 0.2) is 0 Å². The summed E-state index contributed by atoms with van der Waals surface area (Å²) in [6.07, 6.45) is 1.46. The molecule has 0 aliphatic carbocycles.